The molecule has 1 aliphatic heterocycles. The zero-order valence-corrected chi connectivity index (χ0v) is 13.7. The molecular formula is C14H9Cl2F3O5. The molecule has 5 nitrogen and oxygen atoms in total. The van der Waals surface area contributed by atoms with E-state index in [4.69, 9.17) is 32.7 Å². The van der Waals surface area contributed by atoms with Crippen molar-refractivity contribution in [3.8, 4) is 5.75 Å². The highest BCUT2D eigenvalue weighted by molar-refractivity contribution is 6.43. The molecule has 130 valence electrons. The molecule has 1 aromatic carbocycles. The van der Waals surface area contributed by atoms with Crippen molar-refractivity contribution in [1.82, 2.24) is 0 Å². The normalized spacial score (nSPS) is 17.2. The van der Waals surface area contributed by atoms with Gasteiger partial charge in [-0.25, -0.2) is 9.59 Å². The summed E-state index contributed by atoms with van der Waals surface area (Å²) in [5.41, 5.74) is -0.544. The van der Waals surface area contributed by atoms with Crippen molar-refractivity contribution in [2.24, 2.45) is 0 Å². The first-order valence-corrected chi connectivity index (χ1v) is 7.07. The topological polar surface area (TPSA) is 61.8 Å². The molecular weight excluding hydrogens is 376 g/mol. The van der Waals surface area contributed by atoms with E-state index >= 15 is 0 Å². The lowest BCUT2D eigenvalue weighted by molar-refractivity contribution is -0.274. The highest BCUT2D eigenvalue weighted by atomic mass is 35.5. The number of carbonyl (C=O) groups excluding carboxylic acids is 2. The van der Waals surface area contributed by atoms with Crippen LogP contribution in [0.25, 0.3) is 6.08 Å². The molecule has 1 heterocycles. The summed E-state index contributed by atoms with van der Waals surface area (Å²) in [6, 6.07) is 2.02. The van der Waals surface area contributed by atoms with Gasteiger partial charge in [-0.3, -0.25) is 0 Å². The van der Waals surface area contributed by atoms with Crippen molar-refractivity contribution in [2.75, 3.05) is 0 Å². The number of hydrogen-bond acceptors (Lipinski definition) is 5. The lowest BCUT2D eigenvalue weighted by Gasteiger charge is -2.29. The third-order valence-corrected chi connectivity index (χ3v) is 3.46. The molecule has 0 bridgehead atoms. The first-order chi connectivity index (χ1) is 10.9. The second-order valence-electron chi connectivity index (χ2n) is 5.10. The summed E-state index contributed by atoms with van der Waals surface area (Å²) in [6.07, 6.45) is -4.03. The lowest BCUT2D eigenvalue weighted by atomic mass is 10.1. The van der Waals surface area contributed by atoms with E-state index in [2.05, 4.69) is 4.74 Å². The lowest BCUT2D eigenvalue weighted by Crippen LogP contribution is -2.41. The number of rotatable bonds is 2. The fraction of sp³-hybridized carbons (Fsp3) is 0.286. The van der Waals surface area contributed by atoms with E-state index in [9.17, 15) is 22.8 Å². The molecule has 1 fully saturated rings. The highest BCUT2D eigenvalue weighted by Gasteiger charge is 2.39. The average Bonchev–Trinajstić information content (AvgIpc) is 2.37. The van der Waals surface area contributed by atoms with E-state index in [0.29, 0.717) is 0 Å². The van der Waals surface area contributed by atoms with Gasteiger partial charge in [-0.05, 0) is 23.8 Å². The molecule has 0 radical (unpaired) electrons. The van der Waals surface area contributed by atoms with E-state index in [1.807, 2.05) is 0 Å². The van der Waals surface area contributed by atoms with Gasteiger partial charge in [-0.15, -0.1) is 13.2 Å². The Morgan fingerprint density at radius 3 is 2.17 bits per heavy atom. The van der Waals surface area contributed by atoms with Crippen LogP contribution in [0.1, 0.15) is 19.4 Å². The van der Waals surface area contributed by atoms with Crippen LogP contribution in [-0.2, 0) is 19.1 Å². The van der Waals surface area contributed by atoms with Crippen LogP contribution in [0.4, 0.5) is 13.2 Å². The Bertz CT molecular complexity index is 719. The summed E-state index contributed by atoms with van der Waals surface area (Å²) in [7, 11) is 0. The van der Waals surface area contributed by atoms with Crippen LogP contribution >= 0.6 is 23.2 Å². The number of esters is 2. The molecule has 0 atom stereocenters. The van der Waals surface area contributed by atoms with Crippen LogP contribution in [0.15, 0.2) is 17.7 Å². The van der Waals surface area contributed by atoms with Gasteiger partial charge >= 0.3 is 18.3 Å². The van der Waals surface area contributed by atoms with E-state index in [1.54, 1.807) is 0 Å². The predicted molar refractivity (Wildman–Crippen MR) is 77.4 cm³/mol. The van der Waals surface area contributed by atoms with Crippen molar-refractivity contribution in [2.45, 2.75) is 26.0 Å². The van der Waals surface area contributed by atoms with Crippen molar-refractivity contribution >= 4 is 41.2 Å². The smallest absolute Gasteiger partial charge is 0.419 e. The number of ether oxygens (including phenoxy) is 3. The number of alkyl halides is 3. The summed E-state index contributed by atoms with van der Waals surface area (Å²) in [5, 5.41) is -0.728. The summed E-state index contributed by atoms with van der Waals surface area (Å²) >= 11 is 11.4. The molecule has 0 spiro atoms. The van der Waals surface area contributed by atoms with Crippen LogP contribution in [0, 0.1) is 0 Å². The molecule has 2 rings (SSSR count). The Balaban J connectivity index is 2.43. The number of carbonyl (C=O) groups is 2. The maximum Gasteiger partial charge on any atom is 0.573 e. The average molecular weight is 385 g/mol. The maximum atomic E-state index is 12.4. The van der Waals surface area contributed by atoms with E-state index < -0.39 is 40.4 Å². The third-order valence-electron chi connectivity index (χ3n) is 2.67. The van der Waals surface area contributed by atoms with Crippen molar-refractivity contribution in [3.05, 3.63) is 33.3 Å². The van der Waals surface area contributed by atoms with Crippen molar-refractivity contribution < 1.29 is 37.0 Å². The zero-order valence-electron chi connectivity index (χ0n) is 12.2. The van der Waals surface area contributed by atoms with Crippen LogP contribution in [0.5, 0.6) is 5.75 Å². The Kier molecular flexibility index (Phi) is 4.74. The fourth-order valence-corrected chi connectivity index (χ4v) is 2.18. The molecule has 0 aliphatic carbocycles. The third kappa shape index (κ3) is 4.33. The predicted octanol–water partition coefficient (Wildman–Crippen LogP) is 4.11. The Hall–Kier alpha value is -1.93. The number of cyclic esters (lactones) is 2. The van der Waals surface area contributed by atoms with Crippen LogP contribution in [-0.4, -0.2) is 24.1 Å². The molecule has 0 saturated carbocycles. The van der Waals surface area contributed by atoms with E-state index in [0.717, 1.165) is 18.2 Å². The zero-order chi connectivity index (χ0) is 18.3. The first kappa shape index (κ1) is 18.4. The summed E-state index contributed by atoms with van der Waals surface area (Å²) < 4.78 is 50.6. The Morgan fingerprint density at radius 2 is 1.67 bits per heavy atom. The second kappa shape index (κ2) is 6.18. The molecule has 24 heavy (non-hydrogen) atoms. The first-order valence-electron chi connectivity index (χ1n) is 6.31. The van der Waals surface area contributed by atoms with Crippen LogP contribution in [0.2, 0.25) is 10.0 Å². The summed E-state index contributed by atoms with van der Waals surface area (Å²) in [5.74, 6) is -4.18. The molecule has 0 amide bonds. The number of halogens is 5. The quantitative estimate of drug-likeness (QED) is 0.436. The Labute approximate surface area is 143 Å². The minimum absolute atomic E-state index is 0.0349. The van der Waals surface area contributed by atoms with Crippen molar-refractivity contribution in [3.63, 3.8) is 0 Å². The molecule has 0 unspecified atom stereocenters. The molecule has 0 N–H and O–H groups in total. The number of hydrogen-bond donors (Lipinski definition) is 0. The van der Waals surface area contributed by atoms with Gasteiger partial charge in [0.2, 0.25) is 0 Å². The second-order valence-corrected chi connectivity index (χ2v) is 5.88. The molecule has 10 heteroatoms. The monoisotopic (exact) mass is 384 g/mol. The largest absolute Gasteiger partial charge is 0.573 e. The molecule has 0 aromatic heterocycles. The fourth-order valence-electron chi connectivity index (χ4n) is 1.81. The van der Waals surface area contributed by atoms with Crippen molar-refractivity contribution in [1.29, 1.82) is 0 Å². The SMILES string of the molecule is CC1(C)OC(=O)C(=Cc2cc(Cl)c(Cl)c(OC(F)(F)F)c2)C(=O)O1. The highest BCUT2D eigenvalue weighted by Crippen LogP contribution is 2.37. The van der Waals surface area contributed by atoms with Gasteiger partial charge in [0.25, 0.3) is 5.79 Å². The summed E-state index contributed by atoms with van der Waals surface area (Å²) in [4.78, 5) is 23.7. The van der Waals surface area contributed by atoms with E-state index in [-0.39, 0.29) is 10.6 Å². The maximum absolute atomic E-state index is 12.4. The minimum Gasteiger partial charge on any atom is -0.419 e. The molecule has 1 aromatic rings. The minimum atomic E-state index is -4.99. The Morgan fingerprint density at radius 1 is 1.12 bits per heavy atom. The van der Waals surface area contributed by atoms with Gasteiger partial charge in [0.05, 0.1) is 5.02 Å². The van der Waals surface area contributed by atoms with Gasteiger partial charge in [-0.1, -0.05) is 23.2 Å². The van der Waals surface area contributed by atoms with Gasteiger partial charge < -0.3 is 14.2 Å². The van der Waals surface area contributed by atoms with Gasteiger partial charge in [0.1, 0.15) is 16.3 Å². The molecule has 1 saturated heterocycles. The van der Waals surface area contributed by atoms with Crippen LogP contribution in [0.3, 0.4) is 0 Å². The molecule has 1 aliphatic rings. The number of benzene rings is 1. The standard InChI is InChI=1S/C14H9Cl2F3O5/c1-13(2)23-11(20)7(12(21)24-13)3-6-4-8(15)10(16)9(5-6)22-14(17,18)19/h3-5H,1-2H3. The van der Waals surface area contributed by atoms with Crippen LogP contribution < -0.4 is 4.74 Å². The van der Waals surface area contributed by atoms with Gasteiger partial charge in [0.15, 0.2) is 0 Å². The summed E-state index contributed by atoms with van der Waals surface area (Å²) in [6.45, 7) is 2.71. The van der Waals surface area contributed by atoms with Gasteiger partial charge in [-0.2, -0.15) is 0 Å². The van der Waals surface area contributed by atoms with Gasteiger partial charge in [0, 0.05) is 13.8 Å². The van der Waals surface area contributed by atoms with E-state index in [1.165, 1.54) is 13.8 Å².